The van der Waals surface area contributed by atoms with Gasteiger partial charge in [0.05, 0.1) is 17.1 Å². The highest BCUT2D eigenvalue weighted by Gasteiger charge is 2.49. The van der Waals surface area contributed by atoms with Gasteiger partial charge in [-0.2, -0.15) is 0 Å². The minimum absolute atomic E-state index is 0.0233. The number of nitrogens with one attached hydrogen (secondary N) is 1. The first-order valence-corrected chi connectivity index (χ1v) is 9.32. The summed E-state index contributed by atoms with van der Waals surface area (Å²) in [6.45, 7) is 4.10. The standard InChI is InChI=1S/C22H23NO4/c1-13-9-14(2)11-17(10-13)27-16-5-7-22(8-6-16)18-12-15(20(24)25)3-4-19(18)23-21(22)26/h3-4,9-12,16H,5-8H2,1-2H3,(H,23,26)(H,24,25). The Morgan fingerprint density at radius 2 is 1.78 bits per heavy atom. The van der Waals surface area contributed by atoms with Crippen molar-refractivity contribution in [3.05, 3.63) is 58.7 Å². The van der Waals surface area contributed by atoms with Crippen LogP contribution < -0.4 is 10.1 Å². The van der Waals surface area contributed by atoms with Crippen LogP contribution in [0.2, 0.25) is 0 Å². The van der Waals surface area contributed by atoms with Crippen LogP contribution in [0.5, 0.6) is 5.75 Å². The lowest BCUT2D eigenvalue weighted by Crippen LogP contribution is -2.41. The molecular weight excluding hydrogens is 342 g/mol. The maximum absolute atomic E-state index is 12.7. The van der Waals surface area contributed by atoms with Gasteiger partial charge >= 0.3 is 5.97 Å². The zero-order valence-corrected chi connectivity index (χ0v) is 15.5. The van der Waals surface area contributed by atoms with Crippen LogP contribution in [-0.2, 0) is 10.2 Å². The smallest absolute Gasteiger partial charge is 0.335 e. The van der Waals surface area contributed by atoms with E-state index in [1.807, 2.05) is 12.1 Å². The van der Waals surface area contributed by atoms with Crippen molar-refractivity contribution in [2.24, 2.45) is 0 Å². The lowest BCUT2D eigenvalue weighted by Gasteiger charge is -2.36. The predicted molar refractivity (Wildman–Crippen MR) is 103 cm³/mol. The van der Waals surface area contributed by atoms with E-state index in [2.05, 4.69) is 25.2 Å². The Bertz CT molecular complexity index is 906. The van der Waals surface area contributed by atoms with Crippen LogP contribution in [0.4, 0.5) is 5.69 Å². The molecule has 2 aromatic rings. The monoisotopic (exact) mass is 365 g/mol. The van der Waals surface area contributed by atoms with Crippen LogP contribution in [-0.4, -0.2) is 23.1 Å². The Balaban J connectivity index is 1.54. The summed E-state index contributed by atoms with van der Waals surface area (Å²) in [5.41, 5.74) is 3.47. The highest BCUT2D eigenvalue weighted by molar-refractivity contribution is 6.07. The molecule has 1 amide bonds. The van der Waals surface area contributed by atoms with E-state index in [1.54, 1.807) is 12.1 Å². The van der Waals surface area contributed by atoms with Crippen molar-refractivity contribution in [1.29, 1.82) is 0 Å². The van der Waals surface area contributed by atoms with E-state index in [0.717, 1.165) is 29.8 Å². The fourth-order valence-electron chi connectivity index (χ4n) is 4.44. The zero-order valence-electron chi connectivity index (χ0n) is 15.5. The van der Waals surface area contributed by atoms with Crippen LogP contribution in [0.15, 0.2) is 36.4 Å². The molecular formula is C22H23NO4. The van der Waals surface area contributed by atoms with Crippen LogP contribution in [0.25, 0.3) is 0 Å². The number of ether oxygens (including phenoxy) is 1. The number of amides is 1. The Labute approximate surface area is 158 Å². The van der Waals surface area contributed by atoms with E-state index >= 15 is 0 Å². The highest BCUT2D eigenvalue weighted by atomic mass is 16.5. The van der Waals surface area contributed by atoms with E-state index in [-0.39, 0.29) is 17.6 Å². The molecule has 1 aliphatic heterocycles. The second kappa shape index (κ2) is 6.41. The summed E-state index contributed by atoms with van der Waals surface area (Å²) in [5.74, 6) is -0.123. The molecule has 1 spiro atoms. The van der Waals surface area contributed by atoms with E-state index < -0.39 is 11.4 Å². The molecule has 27 heavy (non-hydrogen) atoms. The van der Waals surface area contributed by atoms with Gasteiger partial charge in [-0.25, -0.2) is 4.79 Å². The molecule has 0 radical (unpaired) electrons. The van der Waals surface area contributed by atoms with E-state index in [9.17, 15) is 14.7 Å². The predicted octanol–water partition coefficient (Wildman–Crippen LogP) is 4.21. The third-order valence-electron chi connectivity index (χ3n) is 5.75. The third kappa shape index (κ3) is 3.07. The van der Waals surface area contributed by atoms with Crippen LogP contribution in [0, 0.1) is 13.8 Å². The second-order valence-corrected chi connectivity index (χ2v) is 7.74. The van der Waals surface area contributed by atoms with Gasteiger partial charge in [0.15, 0.2) is 0 Å². The van der Waals surface area contributed by atoms with Gasteiger partial charge in [0.1, 0.15) is 5.75 Å². The molecule has 5 heteroatoms. The number of benzene rings is 2. The maximum atomic E-state index is 12.7. The lowest BCUT2D eigenvalue weighted by molar-refractivity contribution is -0.122. The summed E-state index contributed by atoms with van der Waals surface area (Å²) in [4.78, 5) is 24.1. The molecule has 0 atom stereocenters. The number of hydrogen-bond donors (Lipinski definition) is 2. The van der Waals surface area contributed by atoms with Gasteiger partial charge < -0.3 is 15.2 Å². The second-order valence-electron chi connectivity index (χ2n) is 7.74. The first-order valence-electron chi connectivity index (χ1n) is 9.32. The molecule has 1 aliphatic carbocycles. The Morgan fingerprint density at radius 3 is 2.41 bits per heavy atom. The van der Waals surface area contributed by atoms with Gasteiger partial charge in [0.2, 0.25) is 5.91 Å². The van der Waals surface area contributed by atoms with Gasteiger partial charge in [0.25, 0.3) is 0 Å². The van der Waals surface area contributed by atoms with Crippen molar-refractivity contribution in [3.8, 4) is 5.75 Å². The number of hydrogen-bond acceptors (Lipinski definition) is 3. The molecule has 140 valence electrons. The lowest BCUT2D eigenvalue weighted by atomic mass is 9.69. The number of anilines is 1. The van der Waals surface area contributed by atoms with Crippen molar-refractivity contribution in [3.63, 3.8) is 0 Å². The van der Waals surface area contributed by atoms with E-state index in [0.29, 0.717) is 12.8 Å². The summed E-state index contributed by atoms with van der Waals surface area (Å²) in [7, 11) is 0. The Hall–Kier alpha value is -2.82. The van der Waals surface area contributed by atoms with Gasteiger partial charge in [-0.15, -0.1) is 0 Å². The number of carbonyl (C=O) groups is 2. The third-order valence-corrected chi connectivity index (χ3v) is 5.75. The average molecular weight is 365 g/mol. The first-order chi connectivity index (χ1) is 12.9. The van der Waals surface area contributed by atoms with E-state index in [1.165, 1.54) is 17.2 Å². The van der Waals surface area contributed by atoms with Gasteiger partial charge in [-0.05, 0) is 86.6 Å². The van der Waals surface area contributed by atoms with Gasteiger partial charge in [-0.1, -0.05) is 6.07 Å². The van der Waals surface area contributed by atoms with E-state index in [4.69, 9.17) is 4.74 Å². The van der Waals surface area contributed by atoms with Crippen molar-refractivity contribution in [2.75, 3.05) is 5.32 Å². The molecule has 0 aromatic heterocycles. The fourth-order valence-corrected chi connectivity index (χ4v) is 4.44. The van der Waals surface area contributed by atoms with Crippen molar-refractivity contribution in [1.82, 2.24) is 0 Å². The topological polar surface area (TPSA) is 75.6 Å². The minimum Gasteiger partial charge on any atom is -0.490 e. The number of fused-ring (bicyclic) bond motifs is 2. The summed E-state index contributed by atoms with van der Waals surface area (Å²) < 4.78 is 6.18. The Morgan fingerprint density at radius 1 is 1.11 bits per heavy atom. The minimum atomic E-state index is -0.973. The zero-order chi connectivity index (χ0) is 19.2. The number of carboxylic acid groups (broad SMARTS) is 1. The number of carbonyl (C=O) groups excluding carboxylic acids is 1. The summed E-state index contributed by atoms with van der Waals surface area (Å²) in [6.07, 6.45) is 2.90. The molecule has 0 bridgehead atoms. The number of rotatable bonds is 3. The summed E-state index contributed by atoms with van der Waals surface area (Å²) in [6, 6.07) is 11.1. The molecule has 1 fully saturated rings. The quantitative estimate of drug-likeness (QED) is 0.854. The van der Waals surface area contributed by atoms with Crippen LogP contribution in [0.1, 0.15) is 52.7 Å². The number of carboxylic acids is 1. The van der Waals surface area contributed by atoms with Crippen molar-refractivity contribution < 1.29 is 19.4 Å². The number of aromatic carboxylic acids is 1. The first kappa shape index (κ1) is 17.6. The van der Waals surface area contributed by atoms with Crippen LogP contribution in [0.3, 0.4) is 0 Å². The number of aryl methyl sites for hydroxylation is 2. The highest BCUT2D eigenvalue weighted by Crippen LogP contribution is 2.48. The molecule has 2 N–H and O–H groups in total. The SMILES string of the molecule is Cc1cc(C)cc(OC2CCC3(CC2)C(=O)Nc2ccc(C(=O)O)cc23)c1. The molecule has 2 aliphatic rings. The molecule has 0 saturated heterocycles. The molecule has 0 unspecified atom stereocenters. The van der Waals surface area contributed by atoms with Gasteiger partial charge in [-0.3, -0.25) is 4.79 Å². The van der Waals surface area contributed by atoms with Gasteiger partial charge in [0, 0.05) is 5.69 Å². The molecule has 5 nitrogen and oxygen atoms in total. The summed E-state index contributed by atoms with van der Waals surface area (Å²) in [5, 5.41) is 12.2. The van der Waals surface area contributed by atoms with Crippen LogP contribution >= 0.6 is 0 Å². The fraction of sp³-hybridized carbons (Fsp3) is 0.364. The maximum Gasteiger partial charge on any atom is 0.335 e. The largest absolute Gasteiger partial charge is 0.490 e. The molecule has 1 saturated carbocycles. The molecule has 1 heterocycles. The average Bonchev–Trinajstić information content (AvgIpc) is 2.87. The van der Waals surface area contributed by atoms with Crippen molar-refractivity contribution >= 4 is 17.6 Å². The van der Waals surface area contributed by atoms with Crippen molar-refractivity contribution in [2.45, 2.75) is 51.0 Å². The summed E-state index contributed by atoms with van der Waals surface area (Å²) >= 11 is 0. The molecule has 2 aromatic carbocycles. The molecule has 4 rings (SSSR count). The Kier molecular flexibility index (Phi) is 4.17. The normalized spacial score (nSPS) is 23.8.